The maximum atomic E-state index is 11.7. The molecule has 0 aromatic rings. The number of carbonyl (C=O) groups excluding carboxylic acids is 2. The first-order valence-corrected chi connectivity index (χ1v) is 6.47. The van der Waals surface area contributed by atoms with Gasteiger partial charge in [-0.1, -0.05) is 0 Å². The molecule has 0 spiro atoms. The van der Waals surface area contributed by atoms with Crippen LogP contribution in [0.4, 0.5) is 4.79 Å². The molecule has 0 bridgehead atoms. The highest BCUT2D eigenvalue weighted by Crippen LogP contribution is 2.05. The second-order valence-electron chi connectivity index (χ2n) is 4.41. The molecule has 1 aliphatic heterocycles. The zero-order valence-corrected chi connectivity index (χ0v) is 11.2. The Morgan fingerprint density at radius 3 is 2.29 bits per heavy atom. The van der Waals surface area contributed by atoms with Crippen molar-refractivity contribution in [3.8, 4) is 0 Å². The summed E-state index contributed by atoms with van der Waals surface area (Å²) in [6, 6.07) is 0.196. The van der Waals surface area contributed by atoms with E-state index in [1.807, 2.05) is 0 Å². The highest BCUT2D eigenvalue weighted by molar-refractivity contribution is 6.19. The number of urea groups is 1. The van der Waals surface area contributed by atoms with Crippen molar-refractivity contribution in [3.05, 3.63) is 0 Å². The molecule has 1 fully saturated rings. The van der Waals surface area contributed by atoms with Crippen LogP contribution in [0.3, 0.4) is 0 Å². The lowest BCUT2D eigenvalue weighted by atomic mass is 10.2. The van der Waals surface area contributed by atoms with Crippen molar-refractivity contribution in [3.63, 3.8) is 0 Å². The van der Waals surface area contributed by atoms with E-state index in [0.717, 1.165) is 13.1 Å². The van der Waals surface area contributed by atoms with Gasteiger partial charge in [0.15, 0.2) is 0 Å². The number of piperazine rings is 1. The lowest BCUT2D eigenvalue weighted by molar-refractivity contribution is -0.119. The van der Waals surface area contributed by atoms with Gasteiger partial charge in [0.1, 0.15) is 0 Å². The fourth-order valence-corrected chi connectivity index (χ4v) is 1.96. The molecule has 0 aromatic heterocycles. The summed E-state index contributed by atoms with van der Waals surface area (Å²) in [6.07, 6.45) is 0.180. The fourth-order valence-electron chi connectivity index (χ4n) is 1.79. The maximum absolute atomic E-state index is 11.7. The van der Waals surface area contributed by atoms with E-state index in [1.54, 1.807) is 4.90 Å². The van der Waals surface area contributed by atoms with Gasteiger partial charge >= 0.3 is 6.03 Å². The highest BCUT2D eigenvalue weighted by Gasteiger charge is 2.23. The number of alkyl halides is 1. The molecular weight excluding hydrogens is 242 g/mol. The Morgan fingerprint density at radius 2 is 1.82 bits per heavy atom. The highest BCUT2D eigenvalue weighted by atomic mass is 35.5. The molecule has 0 unspecified atom stereocenters. The molecule has 0 aromatic carbocycles. The van der Waals surface area contributed by atoms with Gasteiger partial charge in [-0.05, 0) is 13.8 Å². The molecule has 1 heterocycles. The Bertz CT molecular complexity index is 276. The Balaban J connectivity index is 2.33. The van der Waals surface area contributed by atoms with Crippen molar-refractivity contribution in [2.45, 2.75) is 26.3 Å². The Morgan fingerprint density at radius 1 is 1.24 bits per heavy atom. The third kappa shape index (κ3) is 4.52. The summed E-state index contributed by atoms with van der Waals surface area (Å²) >= 11 is 5.43. The van der Waals surface area contributed by atoms with E-state index in [9.17, 15) is 9.59 Å². The molecule has 1 rings (SSSR count). The minimum atomic E-state index is -0.309. The molecule has 1 N–H and O–H groups in total. The summed E-state index contributed by atoms with van der Waals surface area (Å²) in [5, 5.41) is 2.34. The van der Waals surface area contributed by atoms with Crippen LogP contribution in [-0.4, -0.2) is 59.8 Å². The van der Waals surface area contributed by atoms with Crippen molar-refractivity contribution in [1.82, 2.24) is 15.1 Å². The maximum Gasteiger partial charge on any atom is 0.324 e. The van der Waals surface area contributed by atoms with Crippen molar-refractivity contribution in [1.29, 1.82) is 0 Å². The molecule has 98 valence electrons. The molecule has 17 heavy (non-hydrogen) atoms. The number of nitrogens with zero attached hydrogens (tertiary/aromatic N) is 2. The quantitative estimate of drug-likeness (QED) is 0.768. The summed E-state index contributed by atoms with van der Waals surface area (Å²) in [5.41, 5.74) is 0. The third-order valence-electron chi connectivity index (χ3n) is 2.90. The van der Waals surface area contributed by atoms with Crippen LogP contribution in [0, 0.1) is 0 Å². The SMILES string of the molecule is CC(C)N1CCN(C(=O)NC(=O)CCCl)CC1. The first kappa shape index (κ1) is 14.3. The molecule has 1 aliphatic rings. The number of hydrogen-bond acceptors (Lipinski definition) is 3. The molecule has 0 radical (unpaired) electrons. The summed E-state index contributed by atoms with van der Waals surface area (Å²) < 4.78 is 0. The summed E-state index contributed by atoms with van der Waals surface area (Å²) in [4.78, 5) is 26.9. The zero-order valence-electron chi connectivity index (χ0n) is 10.4. The van der Waals surface area contributed by atoms with Gasteiger partial charge in [-0.15, -0.1) is 11.6 Å². The molecule has 1 saturated heterocycles. The van der Waals surface area contributed by atoms with E-state index in [2.05, 4.69) is 24.1 Å². The van der Waals surface area contributed by atoms with E-state index < -0.39 is 0 Å². The van der Waals surface area contributed by atoms with Crippen molar-refractivity contribution < 1.29 is 9.59 Å². The van der Waals surface area contributed by atoms with Gasteiger partial charge in [0.05, 0.1) is 0 Å². The summed E-state index contributed by atoms with van der Waals surface area (Å²) in [6.45, 7) is 7.32. The van der Waals surface area contributed by atoms with Crippen molar-refractivity contribution in [2.24, 2.45) is 0 Å². The topological polar surface area (TPSA) is 52.6 Å². The van der Waals surface area contributed by atoms with Gasteiger partial charge in [0.2, 0.25) is 5.91 Å². The minimum absolute atomic E-state index is 0.180. The number of rotatable bonds is 3. The van der Waals surface area contributed by atoms with Crippen LogP contribution < -0.4 is 5.32 Å². The van der Waals surface area contributed by atoms with Crippen LogP contribution in [0.5, 0.6) is 0 Å². The largest absolute Gasteiger partial charge is 0.324 e. The average molecular weight is 262 g/mol. The smallest absolute Gasteiger partial charge is 0.322 e. The second kappa shape index (κ2) is 6.81. The Hall–Kier alpha value is -0.810. The normalized spacial score (nSPS) is 17.3. The van der Waals surface area contributed by atoms with Crippen LogP contribution in [0.25, 0.3) is 0 Å². The fraction of sp³-hybridized carbons (Fsp3) is 0.818. The first-order chi connectivity index (χ1) is 8.04. The van der Waals surface area contributed by atoms with Gasteiger partial charge in [-0.3, -0.25) is 15.0 Å². The van der Waals surface area contributed by atoms with Crippen molar-refractivity contribution in [2.75, 3.05) is 32.1 Å². The number of nitrogens with one attached hydrogen (secondary N) is 1. The van der Waals surface area contributed by atoms with Gasteiger partial charge in [-0.2, -0.15) is 0 Å². The molecule has 0 saturated carbocycles. The van der Waals surface area contributed by atoms with Gasteiger partial charge in [0, 0.05) is 44.5 Å². The van der Waals surface area contributed by atoms with E-state index in [1.165, 1.54) is 0 Å². The van der Waals surface area contributed by atoms with E-state index >= 15 is 0 Å². The van der Waals surface area contributed by atoms with Gasteiger partial charge in [-0.25, -0.2) is 4.79 Å². The molecular formula is C11H20ClN3O2. The molecule has 0 atom stereocenters. The van der Waals surface area contributed by atoms with Crippen LogP contribution in [-0.2, 0) is 4.79 Å². The number of carbonyl (C=O) groups is 2. The van der Waals surface area contributed by atoms with Gasteiger partial charge in [0.25, 0.3) is 0 Å². The van der Waals surface area contributed by atoms with Crippen LogP contribution in [0.1, 0.15) is 20.3 Å². The summed E-state index contributed by atoms with van der Waals surface area (Å²) in [7, 11) is 0. The van der Waals surface area contributed by atoms with Crippen LogP contribution in [0.2, 0.25) is 0 Å². The molecule has 0 aliphatic carbocycles. The van der Waals surface area contributed by atoms with Crippen LogP contribution >= 0.6 is 11.6 Å². The third-order valence-corrected chi connectivity index (χ3v) is 3.09. The molecule has 6 heteroatoms. The second-order valence-corrected chi connectivity index (χ2v) is 4.79. The predicted molar refractivity (Wildman–Crippen MR) is 67.2 cm³/mol. The standard InChI is InChI=1S/C11H20ClN3O2/c1-9(2)14-5-7-15(8-6-14)11(17)13-10(16)3-4-12/h9H,3-8H2,1-2H3,(H,13,16,17). The monoisotopic (exact) mass is 261 g/mol. The average Bonchev–Trinajstić information content (AvgIpc) is 2.29. The molecule has 5 nitrogen and oxygen atoms in total. The zero-order chi connectivity index (χ0) is 12.8. The predicted octanol–water partition coefficient (Wildman–Crippen LogP) is 0.877. The Labute approximate surface area is 107 Å². The number of amides is 3. The number of halogens is 1. The van der Waals surface area contributed by atoms with E-state index in [-0.39, 0.29) is 24.2 Å². The number of hydrogen-bond donors (Lipinski definition) is 1. The van der Waals surface area contributed by atoms with Crippen LogP contribution in [0.15, 0.2) is 0 Å². The number of imide groups is 1. The lowest BCUT2D eigenvalue weighted by Gasteiger charge is -2.36. The molecule has 3 amide bonds. The minimum Gasteiger partial charge on any atom is -0.322 e. The van der Waals surface area contributed by atoms with Crippen molar-refractivity contribution >= 4 is 23.5 Å². The van der Waals surface area contributed by atoms with E-state index in [0.29, 0.717) is 19.1 Å². The van der Waals surface area contributed by atoms with Gasteiger partial charge < -0.3 is 4.90 Å². The summed E-state index contributed by atoms with van der Waals surface area (Å²) in [5.74, 6) is -0.0726. The first-order valence-electron chi connectivity index (χ1n) is 5.93. The Kier molecular flexibility index (Phi) is 5.71. The van der Waals surface area contributed by atoms with E-state index in [4.69, 9.17) is 11.6 Å². The lowest BCUT2D eigenvalue weighted by Crippen LogP contribution is -2.54.